The largest absolute Gasteiger partial charge is 0.381 e. The van der Waals surface area contributed by atoms with Crippen LogP contribution >= 0.6 is 0 Å². The molecule has 2 aromatic heterocycles. The molecule has 168 valence electrons. The number of benzene rings is 1. The fourth-order valence-electron chi connectivity index (χ4n) is 5.44. The fraction of sp³-hybridized carbons (Fsp3) is 0.519. The highest BCUT2D eigenvalue weighted by atomic mass is 15.1. The van der Waals surface area contributed by atoms with E-state index in [9.17, 15) is 0 Å². The van der Waals surface area contributed by atoms with Crippen molar-refractivity contribution in [2.24, 2.45) is 5.92 Å². The summed E-state index contributed by atoms with van der Waals surface area (Å²) in [6, 6.07) is 7.46. The van der Waals surface area contributed by atoms with Gasteiger partial charge in [-0.05, 0) is 93.0 Å². The minimum atomic E-state index is 0.552. The molecular weight excluding hydrogens is 394 g/mol. The van der Waals surface area contributed by atoms with Crippen LogP contribution in [0.15, 0.2) is 43.0 Å². The van der Waals surface area contributed by atoms with Crippen molar-refractivity contribution >= 4 is 22.4 Å². The zero-order valence-electron chi connectivity index (χ0n) is 19.3. The van der Waals surface area contributed by atoms with E-state index in [0.29, 0.717) is 6.04 Å². The Hall–Kier alpha value is -2.69. The van der Waals surface area contributed by atoms with E-state index in [0.717, 1.165) is 42.9 Å². The van der Waals surface area contributed by atoms with E-state index in [1.54, 1.807) is 0 Å². The van der Waals surface area contributed by atoms with E-state index in [1.807, 2.05) is 24.8 Å². The molecule has 0 unspecified atom stereocenters. The normalized spacial score (nSPS) is 21.6. The van der Waals surface area contributed by atoms with Crippen LogP contribution < -0.4 is 10.2 Å². The van der Waals surface area contributed by atoms with Gasteiger partial charge in [0, 0.05) is 49.6 Å². The number of aromatic nitrogens is 3. The van der Waals surface area contributed by atoms with Crippen molar-refractivity contribution in [3.8, 4) is 0 Å². The van der Waals surface area contributed by atoms with Crippen molar-refractivity contribution in [3.05, 3.63) is 54.1 Å². The van der Waals surface area contributed by atoms with E-state index in [1.165, 1.54) is 67.4 Å². The number of rotatable bonds is 6. The molecule has 2 fully saturated rings. The minimum absolute atomic E-state index is 0.552. The van der Waals surface area contributed by atoms with Crippen molar-refractivity contribution in [2.45, 2.75) is 70.8 Å². The number of hydrogen-bond acceptors (Lipinski definition) is 5. The molecule has 0 spiro atoms. The van der Waals surface area contributed by atoms with Crippen LogP contribution in [0.25, 0.3) is 11.0 Å². The summed E-state index contributed by atoms with van der Waals surface area (Å²) in [5, 5.41) is 3.73. The second kappa shape index (κ2) is 9.85. The summed E-state index contributed by atoms with van der Waals surface area (Å²) in [6.07, 6.45) is 18.6. The molecule has 1 saturated carbocycles. The summed E-state index contributed by atoms with van der Waals surface area (Å²) in [5.74, 6) is 0.718. The van der Waals surface area contributed by atoms with Crippen molar-refractivity contribution in [1.82, 2.24) is 15.0 Å². The molecule has 0 radical (unpaired) electrons. The highest BCUT2D eigenvalue weighted by Gasteiger charge is 2.23. The lowest BCUT2D eigenvalue weighted by atomic mass is 9.82. The Morgan fingerprint density at radius 3 is 2.56 bits per heavy atom. The zero-order chi connectivity index (χ0) is 21.8. The first-order chi connectivity index (χ1) is 15.8. The van der Waals surface area contributed by atoms with Crippen molar-refractivity contribution < 1.29 is 0 Å². The lowest BCUT2D eigenvalue weighted by molar-refractivity contribution is 0.337. The average molecular weight is 430 g/mol. The molecular formula is C27H35N5. The van der Waals surface area contributed by atoms with Gasteiger partial charge < -0.3 is 10.2 Å². The lowest BCUT2D eigenvalue weighted by Crippen LogP contribution is -2.29. The monoisotopic (exact) mass is 429 g/mol. The predicted molar refractivity (Wildman–Crippen MR) is 132 cm³/mol. The van der Waals surface area contributed by atoms with Crippen molar-refractivity contribution in [3.63, 3.8) is 0 Å². The third kappa shape index (κ3) is 4.87. The zero-order valence-corrected chi connectivity index (χ0v) is 19.3. The molecule has 2 aliphatic rings. The van der Waals surface area contributed by atoms with Crippen LogP contribution in [-0.4, -0.2) is 34.1 Å². The van der Waals surface area contributed by atoms with Gasteiger partial charge in [0.1, 0.15) is 0 Å². The molecule has 5 rings (SSSR count). The molecule has 3 heterocycles. The second-order valence-corrected chi connectivity index (χ2v) is 9.58. The van der Waals surface area contributed by atoms with Crippen molar-refractivity contribution in [1.29, 1.82) is 0 Å². The SMILES string of the molecule is CCc1cncc(NC2CCC(Cc3cc(N4CCCCC4)cc4nccnc34)CC2)c1. The molecule has 1 aliphatic heterocycles. The Kier molecular flexibility index (Phi) is 6.51. The van der Waals surface area contributed by atoms with Crippen LogP contribution in [0, 0.1) is 5.92 Å². The molecule has 0 atom stereocenters. The van der Waals surface area contributed by atoms with Gasteiger partial charge in [-0.1, -0.05) is 6.92 Å². The summed E-state index contributed by atoms with van der Waals surface area (Å²) in [5.41, 5.74) is 7.33. The third-order valence-corrected chi connectivity index (χ3v) is 7.29. The van der Waals surface area contributed by atoms with Gasteiger partial charge in [-0.15, -0.1) is 0 Å². The number of piperidine rings is 1. The minimum Gasteiger partial charge on any atom is -0.381 e. The van der Waals surface area contributed by atoms with Crippen LogP contribution in [0.3, 0.4) is 0 Å². The predicted octanol–water partition coefficient (Wildman–Crippen LogP) is 5.79. The number of fused-ring (bicyclic) bond motifs is 1. The first kappa shape index (κ1) is 21.2. The van der Waals surface area contributed by atoms with Crippen molar-refractivity contribution in [2.75, 3.05) is 23.3 Å². The molecule has 0 bridgehead atoms. The Labute approximate surface area is 191 Å². The van der Waals surface area contributed by atoms with Gasteiger partial charge in [0.2, 0.25) is 0 Å². The third-order valence-electron chi connectivity index (χ3n) is 7.29. The summed E-state index contributed by atoms with van der Waals surface area (Å²) in [7, 11) is 0. The molecule has 32 heavy (non-hydrogen) atoms. The second-order valence-electron chi connectivity index (χ2n) is 9.58. The quantitative estimate of drug-likeness (QED) is 0.537. The number of nitrogens with one attached hydrogen (secondary N) is 1. The Balaban J connectivity index is 1.26. The first-order valence-electron chi connectivity index (χ1n) is 12.5. The van der Waals surface area contributed by atoms with Gasteiger partial charge in [0.15, 0.2) is 0 Å². The summed E-state index contributed by atoms with van der Waals surface area (Å²) >= 11 is 0. The van der Waals surface area contributed by atoms with E-state index in [-0.39, 0.29) is 0 Å². The number of aryl methyl sites for hydroxylation is 1. The van der Waals surface area contributed by atoms with Gasteiger partial charge in [-0.2, -0.15) is 0 Å². The Bertz CT molecular complexity index is 1040. The maximum atomic E-state index is 4.72. The average Bonchev–Trinajstić information content (AvgIpc) is 2.86. The van der Waals surface area contributed by atoms with Gasteiger partial charge in [-0.3, -0.25) is 15.0 Å². The molecule has 1 N–H and O–H groups in total. The van der Waals surface area contributed by atoms with Crippen LogP contribution in [-0.2, 0) is 12.8 Å². The summed E-state index contributed by atoms with van der Waals surface area (Å²) < 4.78 is 0. The Morgan fingerprint density at radius 2 is 1.75 bits per heavy atom. The van der Waals surface area contributed by atoms with Crippen LogP contribution in [0.4, 0.5) is 11.4 Å². The number of hydrogen-bond donors (Lipinski definition) is 1. The standard InChI is InChI=1S/C27H35N5/c1-2-20-15-24(19-28-18-20)31-23-8-6-21(7-9-23)14-22-16-25(32-12-4-3-5-13-32)17-26-27(22)30-11-10-29-26/h10-11,15-19,21,23,31H,2-9,12-14H2,1H3. The van der Waals surface area contributed by atoms with Gasteiger partial charge >= 0.3 is 0 Å². The van der Waals surface area contributed by atoms with E-state index in [4.69, 9.17) is 4.98 Å². The maximum absolute atomic E-state index is 4.72. The van der Waals surface area contributed by atoms with E-state index < -0.39 is 0 Å². The van der Waals surface area contributed by atoms with Crippen LogP contribution in [0.1, 0.15) is 63.0 Å². The maximum Gasteiger partial charge on any atom is 0.0920 e. The molecule has 5 nitrogen and oxygen atoms in total. The number of pyridine rings is 1. The molecule has 3 aromatic rings. The highest BCUT2D eigenvalue weighted by molar-refractivity contribution is 5.82. The number of anilines is 2. The molecule has 1 aliphatic carbocycles. The number of nitrogens with zero attached hydrogens (tertiary/aromatic N) is 4. The lowest BCUT2D eigenvalue weighted by Gasteiger charge is -2.31. The van der Waals surface area contributed by atoms with Gasteiger partial charge in [-0.25, -0.2) is 0 Å². The molecule has 1 aromatic carbocycles. The van der Waals surface area contributed by atoms with E-state index >= 15 is 0 Å². The summed E-state index contributed by atoms with van der Waals surface area (Å²) in [4.78, 5) is 16.3. The molecule has 0 amide bonds. The Morgan fingerprint density at radius 1 is 0.938 bits per heavy atom. The fourth-order valence-corrected chi connectivity index (χ4v) is 5.44. The molecule has 1 saturated heterocycles. The van der Waals surface area contributed by atoms with E-state index in [2.05, 4.69) is 45.3 Å². The van der Waals surface area contributed by atoms with Gasteiger partial charge in [0.25, 0.3) is 0 Å². The smallest absolute Gasteiger partial charge is 0.0920 e. The molecule has 5 heteroatoms. The van der Waals surface area contributed by atoms with Crippen LogP contribution in [0.5, 0.6) is 0 Å². The highest BCUT2D eigenvalue weighted by Crippen LogP contribution is 2.33. The topological polar surface area (TPSA) is 53.9 Å². The van der Waals surface area contributed by atoms with Crippen LogP contribution in [0.2, 0.25) is 0 Å². The van der Waals surface area contributed by atoms with Gasteiger partial charge in [0.05, 0.1) is 16.7 Å². The summed E-state index contributed by atoms with van der Waals surface area (Å²) in [6.45, 7) is 4.51. The first-order valence-corrected chi connectivity index (χ1v) is 12.5.